The van der Waals surface area contributed by atoms with E-state index in [-0.39, 0.29) is 18.3 Å². The number of rotatable bonds is 5. The van der Waals surface area contributed by atoms with E-state index in [0.29, 0.717) is 0 Å². The highest BCUT2D eigenvalue weighted by Gasteiger charge is 2.23. The zero-order valence-electron chi connectivity index (χ0n) is 16.9. The van der Waals surface area contributed by atoms with Crippen molar-refractivity contribution in [3.05, 3.63) is 58.9 Å². The largest absolute Gasteiger partial charge is 0.379 e. The van der Waals surface area contributed by atoms with Gasteiger partial charge in [0.05, 0.1) is 19.8 Å². The standard InChI is InChI=1S/C23H28FN3O2/c1-17-4-9-21(24)20-3-2-10-27(23(17)20)16-22(28)25-19-7-5-18(6-8-19)15-26-11-13-29-14-12-26/h4-9H,2-3,10-16H2,1H3,(H,25,28). The summed E-state index contributed by atoms with van der Waals surface area (Å²) in [5.74, 6) is -0.256. The van der Waals surface area contributed by atoms with E-state index in [9.17, 15) is 9.18 Å². The lowest BCUT2D eigenvalue weighted by Gasteiger charge is -2.32. The number of hydrogen-bond donors (Lipinski definition) is 1. The molecule has 5 nitrogen and oxygen atoms in total. The van der Waals surface area contributed by atoms with Crippen LogP contribution in [0.25, 0.3) is 0 Å². The average molecular weight is 397 g/mol. The number of ether oxygens (including phenoxy) is 1. The number of aryl methyl sites for hydroxylation is 1. The molecule has 1 amide bonds. The van der Waals surface area contributed by atoms with Gasteiger partial charge in [-0.15, -0.1) is 0 Å². The van der Waals surface area contributed by atoms with Crippen LogP contribution in [0.15, 0.2) is 36.4 Å². The highest BCUT2D eigenvalue weighted by Crippen LogP contribution is 2.32. The summed E-state index contributed by atoms with van der Waals surface area (Å²) < 4.78 is 19.6. The maximum atomic E-state index is 14.2. The second-order valence-corrected chi connectivity index (χ2v) is 7.85. The van der Waals surface area contributed by atoms with E-state index in [1.54, 1.807) is 6.07 Å². The van der Waals surface area contributed by atoms with Crippen LogP contribution < -0.4 is 10.2 Å². The summed E-state index contributed by atoms with van der Waals surface area (Å²) in [5.41, 5.74) is 4.64. The van der Waals surface area contributed by atoms with Crippen LogP contribution in [0.2, 0.25) is 0 Å². The first-order valence-electron chi connectivity index (χ1n) is 10.3. The van der Waals surface area contributed by atoms with Crippen LogP contribution in [-0.4, -0.2) is 50.2 Å². The Bertz CT molecular complexity index is 863. The Balaban J connectivity index is 1.36. The van der Waals surface area contributed by atoms with E-state index in [2.05, 4.69) is 22.3 Å². The Kier molecular flexibility index (Phi) is 6.11. The van der Waals surface area contributed by atoms with Gasteiger partial charge in [0.2, 0.25) is 5.91 Å². The molecule has 0 spiro atoms. The van der Waals surface area contributed by atoms with Gasteiger partial charge in [-0.05, 0) is 49.1 Å². The molecule has 0 aliphatic carbocycles. The van der Waals surface area contributed by atoms with Gasteiger partial charge in [0.15, 0.2) is 0 Å². The number of carbonyl (C=O) groups is 1. The lowest BCUT2D eigenvalue weighted by Crippen LogP contribution is -2.37. The van der Waals surface area contributed by atoms with Gasteiger partial charge in [0, 0.05) is 43.1 Å². The first kappa shape index (κ1) is 19.9. The zero-order chi connectivity index (χ0) is 20.2. The van der Waals surface area contributed by atoms with E-state index in [0.717, 1.165) is 74.7 Å². The minimum absolute atomic E-state index is 0.0811. The lowest BCUT2D eigenvalue weighted by molar-refractivity contribution is -0.115. The highest BCUT2D eigenvalue weighted by molar-refractivity contribution is 5.94. The number of morpholine rings is 1. The number of hydrogen-bond acceptors (Lipinski definition) is 4. The molecule has 1 saturated heterocycles. The molecule has 1 fully saturated rings. The summed E-state index contributed by atoms with van der Waals surface area (Å²) in [4.78, 5) is 17.0. The summed E-state index contributed by atoms with van der Waals surface area (Å²) >= 11 is 0. The number of benzene rings is 2. The van der Waals surface area contributed by atoms with Crippen LogP contribution in [0.4, 0.5) is 15.8 Å². The molecule has 0 unspecified atom stereocenters. The van der Waals surface area contributed by atoms with Crippen LogP contribution in [0.5, 0.6) is 0 Å². The summed E-state index contributed by atoms with van der Waals surface area (Å²) in [6.07, 6.45) is 1.59. The SMILES string of the molecule is Cc1ccc(F)c2c1N(CC(=O)Nc1ccc(CN3CCOCC3)cc1)CCC2. The normalized spacial score (nSPS) is 17.1. The van der Waals surface area contributed by atoms with Crippen LogP contribution in [0.1, 0.15) is 23.1 Å². The molecule has 0 atom stereocenters. The van der Waals surface area contributed by atoms with E-state index in [1.807, 2.05) is 24.0 Å². The number of fused-ring (bicyclic) bond motifs is 1. The number of halogens is 1. The Morgan fingerprint density at radius 1 is 1.10 bits per heavy atom. The van der Waals surface area contributed by atoms with Gasteiger partial charge in [-0.1, -0.05) is 18.2 Å². The van der Waals surface area contributed by atoms with Gasteiger partial charge in [0.1, 0.15) is 5.82 Å². The van der Waals surface area contributed by atoms with Crippen molar-refractivity contribution < 1.29 is 13.9 Å². The molecule has 2 heterocycles. The minimum Gasteiger partial charge on any atom is -0.379 e. The highest BCUT2D eigenvalue weighted by atomic mass is 19.1. The van der Waals surface area contributed by atoms with Crippen LogP contribution in [0, 0.1) is 12.7 Å². The smallest absolute Gasteiger partial charge is 0.243 e. The number of carbonyl (C=O) groups excluding carboxylic acids is 1. The van der Waals surface area contributed by atoms with Gasteiger partial charge < -0.3 is 15.0 Å². The Morgan fingerprint density at radius 3 is 2.62 bits per heavy atom. The predicted molar refractivity (Wildman–Crippen MR) is 113 cm³/mol. The fraction of sp³-hybridized carbons (Fsp3) is 0.435. The monoisotopic (exact) mass is 397 g/mol. The molecule has 6 heteroatoms. The predicted octanol–water partition coefficient (Wildman–Crippen LogP) is 3.36. The summed E-state index contributed by atoms with van der Waals surface area (Å²) in [5, 5.41) is 2.98. The third-order valence-corrected chi connectivity index (χ3v) is 5.68. The second-order valence-electron chi connectivity index (χ2n) is 7.85. The van der Waals surface area contributed by atoms with Crippen molar-refractivity contribution in [1.29, 1.82) is 0 Å². The fourth-order valence-corrected chi connectivity index (χ4v) is 4.21. The van der Waals surface area contributed by atoms with Crippen LogP contribution in [0.3, 0.4) is 0 Å². The van der Waals surface area contributed by atoms with Crippen molar-refractivity contribution >= 4 is 17.3 Å². The first-order valence-corrected chi connectivity index (χ1v) is 10.3. The molecule has 2 aromatic carbocycles. The maximum Gasteiger partial charge on any atom is 0.243 e. The van der Waals surface area contributed by atoms with Crippen LogP contribution in [-0.2, 0) is 22.5 Å². The molecule has 1 N–H and O–H groups in total. The Morgan fingerprint density at radius 2 is 1.86 bits per heavy atom. The maximum absolute atomic E-state index is 14.2. The van der Waals surface area contributed by atoms with E-state index in [4.69, 9.17) is 4.74 Å². The molecule has 0 radical (unpaired) electrons. The molecular formula is C23H28FN3O2. The Hall–Kier alpha value is -2.44. The van der Waals surface area contributed by atoms with Crippen molar-refractivity contribution in [3.63, 3.8) is 0 Å². The van der Waals surface area contributed by atoms with Crippen molar-refractivity contribution in [2.24, 2.45) is 0 Å². The summed E-state index contributed by atoms with van der Waals surface area (Å²) in [7, 11) is 0. The second kappa shape index (κ2) is 8.93. The molecule has 0 aromatic heterocycles. The van der Waals surface area contributed by atoms with Gasteiger partial charge in [-0.2, -0.15) is 0 Å². The van der Waals surface area contributed by atoms with Crippen LogP contribution >= 0.6 is 0 Å². The molecule has 0 bridgehead atoms. The summed E-state index contributed by atoms with van der Waals surface area (Å²) in [6.45, 7) is 7.35. The van der Waals surface area contributed by atoms with E-state index in [1.165, 1.54) is 11.6 Å². The molecule has 4 rings (SSSR count). The number of anilines is 2. The van der Waals surface area contributed by atoms with Gasteiger partial charge >= 0.3 is 0 Å². The van der Waals surface area contributed by atoms with E-state index >= 15 is 0 Å². The Labute approximate surface area is 171 Å². The molecule has 2 aliphatic rings. The molecule has 154 valence electrons. The zero-order valence-corrected chi connectivity index (χ0v) is 16.9. The molecule has 0 saturated carbocycles. The number of amides is 1. The minimum atomic E-state index is -0.174. The topological polar surface area (TPSA) is 44.8 Å². The van der Waals surface area contributed by atoms with E-state index < -0.39 is 0 Å². The van der Waals surface area contributed by atoms with Crippen molar-refractivity contribution in [2.45, 2.75) is 26.3 Å². The lowest BCUT2D eigenvalue weighted by atomic mass is 9.97. The number of nitrogens with zero attached hydrogens (tertiary/aromatic N) is 2. The molecule has 2 aromatic rings. The number of nitrogens with one attached hydrogen (secondary N) is 1. The average Bonchev–Trinajstić information content (AvgIpc) is 2.73. The third-order valence-electron chi connectivity index (χ3n) is 5.68. The fourth-order valence-electron chi connectivity index (χ4n) is 4.21. The van der Waals surface area contributed by atoms with Gasteiger partial charge in [-0.3, -0.25) is 9.69 Å². The molecular weight excluding hydrogens is 369 g/mol. The van der Waals surface area contributed by atoms with Gasteiger partial charge in [0.25, 0.3) is 0 Å². The van der Waals surface area contributed by atoms with Crippen molar-refractivity contribution in [3.8, 4) is 0 Å². The molecule has 2 aliphatic heterocycles. The summed E-state index contributed by atoms with van der Waals surface area (Å²) in [6, 6.07) is 11.3. The molecule has 29 heavy (non-hydrogen) atoms. The third kappa shape index (κ3) is 4.77. The quantitative estimate of drug-likeness (QED) is 0.840. The first-order chi connectivity index (χ1) is 14.1. The van der Waals surface area contributed by atoms with Crippen molar-refractivity contribution in [1.82, 2.24) is 4.90 Å². The van der Waals surface area contributed by atoms with Crippen molar-refractivity contribution in [2.75, 3.05) is 49.6 Å². The van der Waals surface area contributed by atoms with Gasteiger partial charge in [-0.25, -0.2) is 4.39 Å².